The van der Waals surface area contributed by atoms with Crippen LogP contribution in [0.2, 0.25) is 0 Å². The van der Waals surface area contributed by atoms with Crippen LogP contribution < -0.4 is 0 Å². The van der Waals surface area contributed by atoms with Gasteiger partial charge in [-0.1, -0.05) is 97.1 Å². The molecule has 0 amide bonds. The van der Waals surface area contributed by atoms with Gasteiger partial charge in [0.1, 0.15) is 13.2 Å². The van der Waals surface area contributed by atoms with Crippen LogP contribution in [0.25, 0.3) is 22.3 Å². The highest BCUT2D eigenvalue weighted by atomic mass is 33.1. The van der Waals surface area contributed by atoms with Gasteiger partial charge in [0.25, 0.3) is 0 Å². The van der Waals surface area contributed by atoms with Gasteiger partial charge in [0.15, 0.2) is 0 Å². The summed E-state index contributed by atoms with van der Waals surface area (Å²) in [5.74, 6) is -0.0252. The maximum Gasteiger partial charge on any atom is 0.378 e. The van der Waals surface area contributed by atoms with E-state index < -0.39 is 10.6 Å². The van der Waals surface area contributed by atoms with E-state index in [9.17, 15) is 9.59 Å². The van der Waals surface area contributed by atoms with Crippen LogP contribution in [-0.4, -0.2) is 23.8 Å². The summed E-state index contributed by atoms with van der Waals surface area (Å²) in [5, 5.41) is -1.01. The van der Waals surface area contributed by atoms with Crippen LogP contribution in [0.3, 0.4) is 0 Å². The van der Waals surface area contributed by atoms with Crippen molar-refractivity contribution in [2.45, 2.75) is 11.8 Å². The second kappa shape index (κ2) is 9.88. The van der Waals surface area contributed by atoms with Crippen LogP contribution in [0.5, 0.6) is 0 Å². The van der Waals surface area contributed by atoms with Crippen molar-refractivity contribution in [1.82, 2.24) is 0 Å². The Morgan fingerprint density at radius 1 is 0.500 bits per heavy atom. The van der Waals surface area contributed by atoms with E-state index in [1.54, 1.807) is 0 Å². The highest BCUT2D eigenvalue weighted by Gasteiger charge is 2.30. The largest absolute Gasteiger partial charge is 0.456 e. The monoisotopic (exact) mass is 510 g/mol. The number of rotatable bonds is 4. The average Bonchev–Trinajstić information content (AvgIpc) is 3.42. The van der Waals surface area contributed by atoms with Gasteiger partial charge < -0.3 is 9.47 Å². The van der Waals surface area contributed by atoms with Gasteiger partial charge in [-0.05, 0) is 44.5 Å². The fraction of sp³-hybridized carbons (Fsp3) is 0.133. The Labute approximate surface area is 217 Å². The Hall–Kier alpha value is -3.48. The molecule has 4 aromatic rings. The van der Waals surface area contributed by atoms with E-state index >= 15 is 0 Å². The van der Waals surface area contributed by atoms with E-state index in [1.165, 1.54) is 22.3 Å². The molecule has 0 aromatic heterocycles. The van der Waals surface area contributed by atoms with E-state index in [4.69, 9.17) is 9.47 Å². The molecule has 0 saturated heterocycles. The lowest BCUT2D eigenvalue weighted by atomic mass is 9.98. The molecular weight excluding hydrogens is 488 g/mol. The number of carbonyl (C=O) groups is 2. The van der Waals surface area contributed by atoms with Gasteiger partial charge in [0.05, 0.1) is 0 Å². The standard InChI is InChI=1S/C30H22O4S2/c31-29(33-17-27-23-13-5-1-9-19(23)20-10-2-6-14-24(20)27)35-36-30(32)34-18-28-25-15-7-3-11-21(25)22-12-4-8-16-26(22)28/h1-16,27-28H,17-18H2. The number of hydrogen-bond acceptors (Lipinski definition) is 6. The van der Waals surface area contributed by atoms with Gasteiger partial charge in [-0.2, -0.15) is 0 Å². The second-order valence-corrected chi connectivity index (χ2v) is 10.7. The van der Waals surface area contributed by atoms with Gasteiger partial charge in [0, 0.05) is 33.4 Å². The summed E-state index contributed by atoms with van der Waals surface area (Å²) >= 11 is 0. The average molecular weight is 511 g/mol. The minimum Gasteiger partial charge on any atom is -0.456 e. The molecule has 2 aliphatic carbocycles. The first-order chi connectivity index (χ1) is 17.7. The zero-order valence-corrected chi connectivity index (χ0v) is 20.9. The summed E-state index contributed by atoms with van der Waals surface area (Å²) in [6, 6.07) is 32.8. The first-order valence-corrected chi connectivity index (χ1v) is 13.9. The highest BCUT2D eigenvalue weighted by molar-refractivity contribution is 8.86. The predicted octanol–water partition coefficient (Wildman–Crippen LogP) is 8.27. The number of fused-ring (bicyclic) bond motifs is 6. The Kier molecular flexibility index (Phi) is 6.30. The van der Waals surface area contributed by atoms with E-state index in [2.05, 4.69) is 48.5 Å². The quantitative estimate of drug-likeness (QED) is 0.203. The lowest BCUT2D eigenvalue weighted by Crippen LogP contribution is -2.10. The van der Waals surface area contributed by atoms with Gasteiger partial charge in [-0.25, -0.2) is 9.59 Å². The molecule has 6 rings (SSSR count). The molecule has 0 saturated carbocycles. The molecule has 36 heavy (non-hydrogen) atoms. The van der Waals surface area contributed by atoms with Gasteiger partial charge >= 0.3 is 10.6 Å². The van der Waals surface area contributed by atoms with Crippen molar-refractivity contribution in [3.8, 4) is 22.3 Å². The summed E-state index contributed by atoms with van der Waals surface area (Å²) < 4.78 is 11.1. The maximum absolute atomic E-state index is 12.4. The van der Waals surface area contributed by atoms with Crippen molar-refractivity contribution >= 4 is 32.2 Å². The van der Waals surface area contributed by atoms with Crippen molar-refractivity contribution in [2.24, 2.45) is 0 Å². The minimum atomic E-state index is -0.504. The second-order valence-electron chi connectivity index (χ2n) is 8.74. The molecule has 178 valence electrons. The van der Waals surface area contributed by atoms with Crippen molar-refractivity contribution < 1.29 is 19.1 Å². The normalized spacial score (nSPS) is 13.4. The lowest BCUT2D eigenvalue weighted by Gasteiger charge is -2.14. The third-order valence-electron chi connectivity index (χ3n) is 6.84. The van der Waals surface area contributed by atoms with E-state index in [-0.39, 0.29) is 25.0 Å². The first-order valence-electron chi connectivity index (χ1n) is 11.7. The molecule has 0 atom stereocenters. The number of benzene rings is 4. The number of hydrogen-bond donors (Lipinski definition) is 0. The Balaban J connectivity index is 1.03. The van der Waals surface area contributed by atoms with Crippen molar-refractivity contribution in [2.75, 3.05) is 13.2 Å². The van der Waals surface area contributed by atoms with Crippen LogP contribution >= 0.6 is 21.6 Å². The third-order valence-corrected chi connectivity index (χ3v) is 8.50. The number of carbonyl (C=O) groups excluding carboxylic acids is 2. The summed E-state index contributed by atoms with van der Waals surface area (Å²) in [6.45, 7) is 0.455. The SMILES string of the molecule is O=C(OCC1c2ccccc2-c2ccccc21)SSC(=O)OCC1c2ccccc2-c2ccccc21. The van der Waals surface area contributed by atoms with Gasteiger partial charge in [-0.15, -0.1) is 0 Å². The molecule has 0 unspecified atom stereocenters. The zero-order valence-electron chi connectivity index (χ0n) is 19.3. The minimum absolute atomic E-state index is 0.0126. The molecule has 2 aliphatic rings. The summed E-state index contributed by atoms with van der Waals surface area (Å²) in [5.41, 5.74) is 9.32. The van der Waals surface area contributed by atoms with Crippen molar-refractivity contribution in [3.05, 3.63) is 119 Å². The molecule has 4 aromatic carbocycles. The first kappa shape index (κ1) is 23.0. The molecule has 0 bridgehead atoms. The van der Waals surface area contributed by atoms with E-state index in [1.807, 2.05) is 48.5 Å². The van der Waals surface area contributed by atoms with Crippen LogP contribution in [0.15, 0.2) is 97.1 Å². The fourth-order valence-corrected chi connectivity index (χ4v) is 6.36. The molecule has 0 N–H and O–H groups in total. The van der Waals surface area contributed by atoms with Gasteiger partial charge in [-0.3, -0.25) is 0 Å². The van der Waals surface area contributed by atoms with Crippen LogP contribution in [0.1, 0.15) is 34.1 Å². The molecule has 4 nitrogen and oxygen atoms in total. The van der Waals surface area contributed by atoms with Crippen molar-refractivity contribution in [1.29, 1.82) is 0 Å². The molecule has 0 fully saturated rings. The third kappa shape index (κ3) is 4.21. The van der Waals surface area contributed by atoms with Gasteiger partial charge in [0.2, 0.25) is 0 Å². The highest BCUT2D eigenvalue weighted by Crippen LogP contribution is 2.46. The Morgan fingerprint density at radius 2 is 0.778 bits per heavy atom. The fourth-order valence-electron chi connectivity index (χ4n) is 5.30. The Morgan fingerprint density at radius 3 is 1.08 bits per heavy atom. The topological polar surface area (TPSA) is 52.6 Å². The van der Waals surface area contributed by atoms with Crippen LogP contribution in [-0.2, 0) is 9.47 Å². The summed E-state index contributed by atoms with van der Waals surface area (Å²) in [7, 11) is 1.53. The zero-order chi connectivity index (χ0) is 24.5. The summed E-state index contributed by atoms with van der Waals surface area (Å²) in [6.07, 6.45) is 0. The Bertz CT molecular complexity index is 1260. The molecule has 0 spiro atoms. The van der Waals surface area contributed by atoms with E-state index in [0.717, 1.165) is 43.8 Å². The van der Waals surface area contributed by atoms with E-state index in [0.29, 0.717) is 0 Å². The molecule has 6 heteroatoms. The molecule has 0 radical (unpaired) electrons. The van der Waals surface area contributed by atoms with Crippen LogP contribution in [0.4, 0.5) is 9.59 Å². The molecule has 0 heterocycles. The van der Waals surface area contributed by atoms with Crippen LogP contribution in [0, 0.1) is 0 Å². The maximum atomic E-state index is 12.4. The molecular formula is C30H22O4S2. The molecule has 0 aliphatic heterocycles. The lowest BCUT2D eigenvalue weighted by molar-refractivity contribution is 0.170. The number of ether oxygens (including phenoxy) is 2. The van der Waals surface area contributed by atoms with Crippen molar-refractivity contribution in [3.63, 3.8) is 0 Å². The predicted molar refractivity (Wildman–Crippen MR) is 145 cm³/mol. The summed E-state index contributed by atoms with van der Waals surface area (Å²) in [4.78, 5) is 24.9. The smallest absolute Gasteiger partial charge is 0.378 e.